The highest BCUT2D eigenvalue weighted by atomic mass is 79.9. The number of aromatic nitrogens is 1. The maximum atomic E-state index is 13.0. The average Bonchev–Trinajstić information content (AvgIpc) is 2.89. The van der Waals surface area contributed by atoms with E-state index < -0.39 is 11.7 Å². The minimum Gasteiger partial charge on any atom is -0.317 e. The van der Waals surface area contributed by atoms with E-state index in [0.717, 1.165) is 43.7 Å². The van der Waals surface area contributed by atoms with Gasteiger partial charge in [-0.25, -0.2) is 0 Å². The van der Waals surface area contributed by atoms with Crippen molar-refractivity contribution in [2.24, 2.45) is 0 Å². The SMILES string of the molecule is Cc1c(Br)c(/C=C(/C#N)c2cccc(C(F)(F)F)c2)c(C)n1-c1ccc(Br)cc1. The molecule has 0 fully saturated rings. The van der Waals surface area contributed by atoms with Crippen LogP contribution < -0.4 is 0 Å². The van der Waals surface area contributed by atoms with Gasteiger partial charge in [-0.1, -0.05) is 28.1 Å². The maximum absolute atomic E-state index is 13.0. The molecular weight excluding hydrogens is 509 g/mol. The summed E-state index contributed by atoms with van der Waals surface area (Å²) in [6.45, 7) is 3.85. The van der Waals surface area contributed by atoms with E-state index in [1.807, 2.05) is 48.7 Å². The van der Waals surface area contributed by atoms with Crippen LogP contribution in [0.1, 0.15) is 28.1 Å². The zero-order chi connectivity index (χ0) is 21.3. The minimum atomic E-state index is -4.46. The molecule has 0 aliphatic rings. The third-order valence-corrected chi connectivity index (χ3v) is 6.14. The molecule has 0 aliphatic carbocycles. The summed E-state index contributed by atoms with van der Waals surface area (Å²) in [4.78, 5) is 0. The largest absolute Gasteiger partial charge is 0.416 e. The molecule has 3 aromatic rings. The van der Waals surface area contributed by atoms with E-state index in [9.17, 15) is 18.4 Å². The fraction of sp³-hybridized carbons (Fsp3) is 0.136. The Morgan fingerprint density at radius 3 is 2.28 bits per heavy atom. The highest BCUT2D eigenvalue weighted by Crippen LogP contribution is 2.35. The maximum Gasteiger partial charge on any atom is 0.416 e. The number of rotatable bonds is 3. The van der Waals surface area contributed by atoms with E-state index in [0.29, 0.717) is 0 Å². The van der Waals surface area contributed by atoms with Crippen molar-refractivity contribution >= 4 is 43.5 Å². The van der Waals surface area contributed by atoms with Crippen LogP contribution in [0.3, 0.4) is 0 Å². The molecule has 0 unspecified atom stereocenters. The molecule has 0 bridgehead atoms. The molecule has 0 amide bonds. The molecule has 7 heteroatoms. The molecule has 0 N–H and O–H groups in total. The van der Waals surface area contributed by atoms with Crippen molar-refractivity contribution in [3.63, 3.8) is 0 Å². The van der Waals surface area contributed by atoms with Crippen molar-refractivity contribution < 1.29 is 13.2 Å². The quantitative estimate of drug-likeness (QED) is 0.323. The van der Waals surface area contributed by atoms with Crippen molar-refractivity contribution in [3.8, 4) is 11.8 Å². The normalized spacial score (nSPS) is 12.1. The average molecular weight is 524 g/mol. The van der Waals surface area contributed by atoms with E-state index in [2.05, 4.69) is 31.9 Å². The van der Waals surface area contributed by atoms with E-state index in [4.69, 9.17) is 0 Å². The van der Waals surface area contributed by atoms with E-state index in [1.54, 1.807) is 6.08 Å². The lowest BCUT2D eigenvalue weighted by Crippen LogP contribution is -2.04. The van der Waals surface area contributed by atoms with Crippen LogP contribution in [-0.2, 0) is 6.18 Å². The van der Waals surface area contributed by atoms with Crippen LogP contribution in [0, 0.1) is 25.2 Å². The Morgan fingerprint density at radius 2 is 1.69 bits per heavy atom. The topological polar surface area (TPSA) is 28.7 Å². The standard InChI is InChI=1S/C22H15Br2F3N2/c1-13-20(21(24)14(2)29(13)19-8-6-18(23)7-9-19)11-16(12-28)15-4-3-5-17(10-15)22(25,26)27/h3-11H,1-2H3/b16-11-. The first kappa shape index (κ1) is 21.4. The number of benzene rings is 2. The Kier molecular flexibility index (Phi) is 6.06. The first-order valence-electron chi connectivity index (χ1n) is 8.56. The molecule has 2 aromatic carbocycles. The molecule has 1 heterocycles. The van der Waals surface area contributed by atoms with Gasteiger partial charge in [-0.15, -0.1) is 0 Å². The van der Waals surface area contributed by atoms with Crippen LogP contribution in [0.5, 0.6) is 0 Å². The first-order chi connectivity index (χ1) is 13.6. The number of hydrogen-bond donors (Lipinski definition) is 0. The third-order valence-electron chi connectivity index (χ3n) is 4.61. The molecular formula is C22H15Br2F3N2. The van der Waals surface area contributed by atoms with E-state index >= 15 is 0 Å². The molecule has 2 nitrogen and oxygen atoms in total. The van der Waals surface area contributed by atoms with Crippen molar-refractivity contribution in [2.45, 2.75) is 20.0 Å². The van der Waals surface area contributed by atoms with Crippen LogP contribution in [0.2, 0.25) is 0 Å². The lowest BCUT2D eigenvalue weighted by atomic mass is 10.0. The summed E-state index contributed by atoms with van der Waals surface area (Å²) in [5.74, 6) is 0. The van der Waals surface area contributed by atoms with Gasteiger partial charge in [0.25, 0.3) is 0 Å². The van der Waals surface area contributed by atoms with Gasteiger partial charge in [0.15, 0.2) is 0 Å². The zero-order valence-corrected chi connectivity index (χ0v) is 18.7. The molecule has 29 heavy (non-hydrogen) atoms. The summed E-state index contributed by atoms with van der Waals surface area (Å²) in [5, 5.41) is 9.61. The first-order valence-corrected chi connectivity index (χ1v) is 10.1. The lowest BCUT2D eigenvalue weighted by Gasteiger charge is -2.10. The van der Waals surface area contributed by atoms with Gasteiger partial charge < -0.3 is 4.57 Å². The Bertz CT molecular complexity index is 1130. The molecule has 0 radical (unpaired) electrons. The molecule has 0 saturated carbocycles. The summed E-state index contributed by atoms with van der Waals surface area (Å²) in [6.07, 6.45) is -2.84. The number of alkyl halides is 3. The van der Waals surface area contributed by atoms with Gasteiger partial charge in [-0.2, -0.15) is 18.4 Å². The lowest BCUT2D eigenvalue weighted by molar-refractivity contribution is -0.137. The molecule has 0 aliphatic heterocycles. The predicted molar refractivity (Wildman–Crippen MR) is 116 cm³/mol. The van der Waals surface area contributed by atoms with Gasteiger partial charge in [0, 0.05) is 31.6 Å². The van der Waals surface area contributed by atoms with Crippen LogP contribution in [-0.4, -0.2) is 4.57 Å². The smallest absolute Gasteiger partial charge is 0.317 e. The fourth-order valence-electron chi connectivity index (χ4n) is 3.16. The highest BCUT2D eigenvalue weighted by Gasteiger charge is 2.30. The van der Waals surface area contributed by atoms with E-state index in [-0.39, 0.29) is 11.1 Å². The van der Waals surface area contributed by atoms with Crippen molar-refractivity contribution in [1.82, 2.24) is 4.57 Å². The monoisotopic (exact) mass is 522 g/mol. The fourth-order valence-corrected chi connectivity index (χ4v) is 4.00. The summed E-state index contributed by atoms with van der Waals surface area (Å²) >= 11 is 6.99. The van der Waals surface area contributed by atoms with Crippen molar-refractivity contribution in [3.05, 3.63) is 85.6 Å². The van der Waals surface area contributed by atoms with Crippen molar-refractivity contribution in [2.75, 3.05) is 0 Å². The van der Waals surface area contributed by atoms with Gasteiger partial charge in [0.2, 0.25) is 0 Å². The minimum absolute atomic E-state index is 0.160. The Balaban J connectivity index is 2.14. The number of hydrogen-bond acceptors (Lipinski definition) is 1. The third kappa shape index (κ3) is 4.34. The van der Waals surface area contributed by atoms with E-state index in [1.165, 1.54) is 12.1 Å². The Labute approximate surface area is 183 Å². The second-order valence-electron chi connectivity index (χ2n) is 6.46. The number of nitrogens with zero attached hydrogens (tertiary/aromatic N) is 2. The van der Waals surface area contributed by atoms with Crippen LogP contribution in [0.15, 0.2) is 57.5 Å². The van der Waals surface area contributed by atoms with Crippen LogP contribution in [0.25, 0.3) is 17.3 Å². The van der Waals surface area contributed by atoms with Crippen LogP contribution >= 0.6 is 31.9 Å². The van der Waals surface area contributed by atoms with Crippen molar-refractivity contribution in [1.29, 1.82) is 5.26 Å². The zero-order valence-electron chi connectivity index (χ0n) is 15.5. The second-order valence-corrected chi connectivity index (χ2v) is 8.17. The summed E-state index contributed by atoms with van der Waals surface area (Å²) < 4.78 is 42.9. The van der Waals surface area contributed by atoms with Gasteiger partial charge in [-0.05, 0) is 77.8 Å². The molecule has 0 saturated heterocycles. The molecule has 3 rings (SSSR count). The Morgan fingerprint density at radius 1 is 1.03 bits per heavy atom. The number of halogens is 5. The highest BCUT2D eigenvalue weighted by molar-refractivity contribution is 9.10. The molecule has 0 atom stereocenters. The van der Waals surface area contributed by atoms with Crippen LogP contribution in [0.4, 0.5) is 13.2 Å². The van der Waals surface area contributed by atoms with Gasteiger partial charge in [-0.3, -0.25) is 0 Å². The molecule has 0 spiro atoms. The Hall–Kier alpha value is -2.30. The predicted octanol–water partition coefficient (Wildman–Crippen LogP) is 7.70. The van der Waals surface area contributed by atoms with Gasteiger partial charge in [0.1, 0.15) is 0 Å². The number of nitriles is 1. The van der Waals surface area contributed by atoms with Gasteiger partial charge in [0.05, 0.1) is 17.2 Å². The summed E-state index contributed by atoms with van der Waals surface area (Å²) in [6, 6.07) is 14.6. The van der Waals surface area contributed by atoms with Gasteiger partial charge >= 0.3 is 6.18 Å². The second kappa shape index (κ2) is 8.21. The molecule has 148 valence electrons. The summed E-state index contributed by atoms with van der Waals surface area (Å²) in [5.41, 5.74) is 3.10. The summed E-state index contributed by atoms with van der Waals surface area (Å²) in [7, 11) is 0. The molecule has 1 aromatic heterocycles. The number of allylic oxidation sites excluding steroid dienone is 1.